The van der Waals surface area contributed by atoms with Crippen LogP contribution in [0.15, 0.2) is 52.0 Å². The van der Waals surface area contributed by atoms with Crippen molar-refractivity contribution < 1.29 is 21.6 Å². The van der Waals surface area contributed by atoms with Gasteiger partial charge in [-0.1, -0.05) is 12.1 Å². The Morgan fingerprint density at radius 2 is 1.93 bits per heavy atom. The molecular weight excluding hydrogens is 457 g/mol. The number of fused-ring (bicyclic) bond motifs is 1. The number of aromatic nitrogens is 2. The lowest BCUT2D eigenvalue weighted by molar-refractivity contribution is -0.137. The van der Waals surface area contributed by atoms with E-state index in [2.05, 4.69) is 9.97 Å². The highest BCUT2D eigenvalue weighted by molar-refractivity contribution is 7.71. The van der Waals surface area contributed by atoms with Gasteiger partial charge in [-0.3, -0.25) is 4.79 Å². The van der Waals surface area contributed by atoms with Crippen LogP contribution in [0.2, 0.25) is 0 Å². The summed E-state index contributed by atoms with van der Waals surface area (Å²) in [5.74, 6) is -0.573. The zero-order valence-corrected chi connectivity index (χ0v) is 17.3. The molecule has 4 rings (SSSR count). The molecule has 0 saturated heterocycles. The van der Waals surface area contributed by atoms with Gasteiger partial charge in [0.2, 0.25) is 10.3 Å². The first-order valence-corrected chi connectivity index (χ1v) is 11.3. The minimum absolute atomic E-state index is 0.0700. The Morgan fingerprint density at radius 1 is 1.13 bits per heavy atom. The second-order valence-corrected chi connectivity index (χ2v) is 8.93. The fraction of sp³-hybridized carbons (Fsp3) is 0.105. The largest absolute Gasteiger partial charge is 0.416 e. The first-order chi connectivity index (χ1) is 14.2. The van der Waals surface area contributed by atoms with Crippen molar-refractivity contribution in [1.29, 1.82) is 0 Å². The number of hydrogen-bond acceptors (Lipinski definition) is 6. The molecule has 3 heterocycles. The van der Waals surface area contributed by atoms with Crippen LogP contribution in [0.25, 0.3) is 22.2 Å². The third-order valence-electron chi connectivity index (χ3n) is 4.33. The summed E-state index contributed by atoms with van der Waals surface area (Å²) in [7, 11) is -2.41. The minimum Gasteiger partial charge on any atom is -0.321 e. The molecule has 11 heteroatoms. The topological polar surface area (TPSA) is 79.9 Å². The lowest BCUT2D eigenvalue weighted by atomic mass is 10.1. The van der Waals surface area contributed by atoms with Gasteiger partial charge in [-0.05, 0) is 35.0 Å². The number of H-pyrrole nitrogens is 1. The summed E-state index contributed by atoms with van der Waals surface area (Å²) in [4.78, 5) is 20.2. The van der Waals surface area contributed by atoms with Gasteiger partial charge < -0.3 is 4.98 Å². The monoisotopic (exact) mass is 468 g/mol. The summed E-state index contributed by atoms with van der Waals surface area (Å²) >= 11 is 2.59. The lowest BCUT2D eigenvalue weighted by Gasteiger charge is -2.08. The Bertz CT molecular complexity index is 1410. The van der Waals surface area contributed by atoms with Gasteiger partial charge in [0, 0.05) is 15.8 Å². The van der Waals surface area contributed by atoms with Crippen molar-refractivity contribution in [3.8, 4) is 11.3 Å². The normalized spacial score (nSPS) is 12.8. The van der Waals surface area contributed by atoms with Gasteiger partial charge >= 0.3 is 6.18 Å². The summed E-state index contributed by atoms with van der Waals surface area (Å²) in [6.45, 7) is 0. The van der Waals surface area contributed by atoms with Crippen LogP contribution in [0.3, 0.4) is 0 Å². The SMILES string of the molecule is O=c1[nH]c2cc(C(F)(F)F)ccc2cc1-c1csc(C(C=S(=O)=O)c2cccs2)n1. The molecule has 0 aliphatic rings. The van der Waals surface area contributed by atoms with E-state index in [9.17, 15) is 26.4 Å². The average Bonchev–Trinajstić information content (AvgIpc) is 3.36. The number of alkyl halides is 3. The van der Waals surface area contributed by atoms with Gasteiger partial charge in [-0.25, -0.2) is 4.98 Å². The van der Waals surface area contributed by atoms with Gasteiger partial charge in [-0.15, -0.1) is 22.7 Å². The summed E-state index contributed by atoms with van der Waals surface area (Å²) in [6.07, 6.45) is -4.51. The Balaban J connectivity index is 1.78. The predicted octanol–water partition coefficient (Wildman–Crippen LogP) is 4.55. The van der Waals surface area contributed by atoms with Gasteiger partial charge in [0.25, 0.3) is 5.56 Å². The molecule has 30 heavy (non-hydrogen) atoms. The molecule has 0 saturated carbocycles. The Hall–Kier alpha value is -2.76. The maximum Gasteiger partial charge on any atom is 0.416 e. The highest BCUT2D eigenvalue weighted by Gasteiger charge is 2.30. The van der Waals surface area contributed by atoms with Crippen molar-refractivity contribution in [3.05, 3.63) is 73.0 Å². The average molecular weight is 469 g/mol. The quantitative estimate of drug-likeness (QED) is 0.446. The molecule has 154 valence electrons. The van der Waals surface area contributed by atoms with Crippen LogP contribution in [-0.2, 0) is 16.5 Å². The second kappa shape index (κ2) is 7.82. The van der Waals surface area contributed by atoms with Gasteiger partial charge in [0.05, 0.1) is 28.1 Å². The molecule has 0 aliphatic carbocycles. The predicted molar refractivity (Wildman–Crippen MR) is 112 cm³/mol. The van der Waals surface area contributed by atoms with Gasteiger partial charge in [0.1, 0.15) is 5.01 Å². The summed E-state index contributed by atoms with van der Waals surface area (Å²) < 4.78 is 61.2. The number of hydrogen-bond donors (Lipinski definition) is 1. The highest BCUT2D eigenvalue weighted by Crippen LogP contribution is 2.33. The Kier molecular flexibility index (Phi) is 5.35. The summed E-state index contributed by atoms with van der Waals surface area (Å²) in [5.41, 5.74) is -0.847. The van der Waals surface area contributed by atoms with Crippen LogP contribution in [0, 0.1) is 0 Å². The Labute approximate surface area is 177 Å². The van der Waals surface area contributed by atoms with Crippen LogP contribution < -0.4 is 5.56 Å². The van der Waals surface area contributed by atoms with Crippen LogP contribution in [0.4, 0.5) is 13.2 Å². The number of thiazole rings is 1. The Morgan fingerprint density at radius 3 is 2.60 bits per heavy atom. The van der Waals surface area contributed by atoms with Crippen LogP contribution in [0.5, 0.6) is 0 Å². The van der Waals surface area contributed by atoms with Crippen molar-refractivity contribution in [2.75, 3.05) is 0 Å². The minimum atomic E-state index is -4.51. The number of aromatic amines is 1. The lowest BCUT2D eigenvalue weighted by Crippen LogP contribution is -2.10. The van der Waals surface area contributed by atoms with E-state index in [4.69, 9.17) is 0 Å². The number of benzene rings is 1. The second-order valence-electron chi connectivity index (χ2n) is 6.27. The molecule has 0 fully saturated rings. The maximum atomic E-state index is 12.9. The maximum absolute atomic E-state index is 12.9. The van der Waals surface area contributed by atoms with Crippen LogP contribution >= 0.6 is 22.7 Å². The molecular formula is C19H11F3N2O3S3. The molecule has 1 N–H and O–H groups in total. The third-order valence-corrected chi connectivity index (χ3v) is 6.71. The molecule has 0 aliphatic heterocycles. The number of rotatable bonds is 4. The zero-order valence-electron chi connectivity index (χ0n) is 14.8. The molecule has 5 nitrogen and oxygen atoms in total. The van der Waals surface area contributed by atoms with E-state index >= 15 is 0 Å². The number of nitrogens with zero attached hydrogens (tertiary/aromatic N) is 1. The molecule has 3 aromatic heterocycles. The molecule has 1 aromatic carbocycles. The van der Waals surface area contributed by atoms with E-state index in [0.717, 1.165) is 22.4 Å². The molecule has 4 aromatic rings. The van der Waals surface area contributed by atoms with E-state index in [-0.39, 0.29) is 11.1 Å². The van der Waals surface area contributed by atoms with E-state index < -0.39 is 33.5 Å². The van der Waals surface area contributed by atoms with E-state index in [1.807, 2.05) is 5.38 Å². The fourth-order valence-electron chi connectivity index (χ4n) is 2.95. The summed E-state index contributed by atoms with van der Waals surface area (Å²) in [6, 6.07) is 8.18. The first-order valence-electron chi connectivity index (χ1n) is 8.39. The van der Waals surface area contributed by atoms with E-state index in [1.165, 1.54) is 34.8 Å². The molecule has 1 unspecified atom stereocenters. The molecule has 0 spiro atoms. The molecule has 0 radical (unpaired) electrons. The van der Waals surface area contributed by atoms with E-state index in [0.29, 0.717) is 16.1 Å². The standard InChI is InChI=1S/C19H11F3N2O3S3/c20-19(21,22)11-4-3-10-6-12(17(25)23-14(10)7-11)15-8-29-18(24-15)13(9-30(26)27)16-2-1-5-28-16/h1-9,13H,(H,23,25). The smallest absolute Gasteiger partial charge is 0.321 e. The van der Waals surface area contributed by atoms with Crippen molar-refractivity contribution in [2.24, 2.45) is 0 Å². The fourth-order valence-corrected chi connectivity index (χ4v) is 5.40. The number of pyridine rings is 1. The highest BCUT2D eigenvalue weighted by atomic mass is 32.2. The molecule has 0 amide bonds. The number of halogens is 3. The van der Waals surface area contributed by atoms with Crippen molar-refractivity contribution >= 4 is 49.2 Å². The first kappa shape index (κ1) is 20.5. The molecule has 0 bridgehead atoms. The number of thiophene rings is 1. The van der Waals surface area contributed by atoms with Crippen molar-refractivity contribution in [3.63, 3.8) is 0 Å². The van der Waals surface area contributed by atoms with Gasteiger partial charge in [0.15, 0.2) is 0 Å². The van der Waals surface area contributed by atoms with E-state index in [1.54, 1.807) is 17.5 Å². The number of nitrogens with one attached hydrogen (secondary N) is 1. The van der Waals surface area contributed by atoms with Crippen LogP contribution in [-0.4, -0.2) is 23.8 Å². The third kappa shape index (κ3) is 4.09. The summed E-state index contributed by atoms with van der Waals surface area (Å²) in [5, 5.41) is 5.50. The van der Waals surface area contributed by atoms with Crippen LogP contribution in [0.1, 0.15) is 21.4 Å². The van der Waals surface area contributed by atoms with Gasteiger partial charge in [-0.2, -0.15) is 21.6 Å². The molecule has 1 atom stereocenters. The zero-order chi connectivity index (χ0) is 21.5. The van der Waals surface area contributed by atoms with Crippen molar-refractivity contribution in [2.45, 2.75) is 12.1 Å². The van der Waals surface area contributed by atoms with Crippen molar-refractivity contribution in [1.82, 2.24) is 9.97 Å².